The third-order valence-electron chi connectivity index (χ3n) is 4.14. The molecule has 4 heteroatoms. The summed E-state index contributed by atoms with van der Waals surface area (Å²) in [6.07, 6.45) is 1.65. The number of carboxylic acid groups (broad SMARTS) is 1. The molecule has 1 heterocycles. The van der Waals surface area contributed by atoms with Gasteiger partial charge in [-0.3, -0.25) is 4.98 Å². The lowest BCUT2D eigenvalue weighted by Gasteiger charge is -2.10. The second kappa shape index (κ2) is 6.69. The molecule has 3 aromatic carbocycles. The lowest BCUT2D eigenvalue weighted by atomic mass is 10.1. The summed E-state index contributed by atoms with van der Waals surface area (Å²) in [7, 11) is 0. The Morgan fingerprint density at radius 1 is 0.846 bits per heavy atom. The molecule has 0 radical (unpaired) electrons. The van der Waals surface area contributed by atoms with Crippen molar-refractivity contribution in [3.8, 4) is 22.6 Å². The largest absolute Gasteiger partial charge is 0.478 e. The average Bonchev–Trinajstić information content (AvgIpc) is 2.69. The number of benzene rings is 3. The van der Waals surface area contributed by atoms with Gasteiger partial charge in [0.25, 0.3) is 0 Å². The van der Waals surface area contributed by atoms with Crippen LogP contribution in [0.15, 0.2) is 85.1 Å². The van der Waals surface area contributed by atoms with Gasteiger partial charge in [-0.05, 0) is 47.5 Å². The van der Waals surface area contributed by atoms with Gasteiger partial charge in [-0.15, -0.1) is 0 Å². The fourth-order valence-electron chi connectivity index (χ4n) is 2.82. The molecule has 0 fully saturated rings. The molecule has 4 rings (SSSR count). The van der Waals surface area contributed by atoms with Crippen molar-refractivity contribution < 1.29 is 14.6 Å². The molecule has 0 bridgehead atoms. The number of pyridine rings is 1. The molecule has 0 saturated heterocycles. The van der Waals surface area contributed by atoms with Crippen molar-refractivity contribution in [2.24, 2.45) is 0 Å². The lowest BCUT2D eigenvalue weighted by molar-refractivity contribution is 0.0697. The van der Waals surface area contributed by atoms with Crippen LogP contribution in [-0.2, 0) is 0 Å². The standard InChI is InChI=1S/C22H15NO3/c24-22(25)17-8-11-20-19(14-17)21(12-13-23-20)26-18-9-6-16(7-10-18)15-4-2-1-3-5-15/h1-14H,(H,24,25). The number of hydrogen-bond donors (Lipinski definition) is 1. The molecule has 126 valence electrons. The molecule has 4 aromatic rings. The summed E-state index contributed by atoms with van der Waals surface area (Å²) in [6.45, 7) is 0. The maximum absolute atomic E-state index is 11.2. The van der Waals surface area contributed by atoms with Crippen LogP contribution in [0.5, 0.6) is 11.5 Å². The molecule has 0 saturated carbocycles. The first-order valence-corrected chi connectivity index (χ1v) is 8.16. The van der Waals surface area contributed by atoms with Crippen LogP contribution in [0.2, 0.25) is 0 Å². The second-order valence-corrected chi connectivity index (χ2v) is 5.84. The van der Waals surface area contributed by atoms with Crippen LogP contribution < -0.4 is 4.74 Å². The molecule has 1 aromatic heterocycles. The molecule has 0 atom stereocenters. The highest BCUT2D eigenvalue weighted by atomic mass is 16.5. The Labute approximate surface area is 150 Å². The first kappa shape index (κ1) is 15.8. The number of ether oxygens (including phenoxy) is 1. The number of rotatable bonds is 4. The third kappa shape index (κ3) is 3.13. The zero-order valence-corrected chi connectivity index (χ0v) is 13.8. The fraction of sp³-hybridized carbons (Fsp3) is 0. The number of fused-ring (bicyclic) bond motifs is 1. The van der Waals surface area contributed by atoms with Crippen LogP contribution in [0, 0.1) is 0 Å². The molecule has 1 N–H and O–H groups in total. The van der Waals surface area contributed by atoms with Crippen LogP contribution in [0.25, 0.3) is 22.0 Å². The third-order valence-corrected chi connectivity index (χ3v) is 4.14. The van der Waals surface area contributed by atoms with E-state index in [1.54, 1.807) is 24.4 Å². The minimum absolute atomic E-state index is 0.203. The van der Waals surface area contributed by atoms with E-state index in [9.17, 15) is 9.90 Å². The van der Waals surface area contributed by atoms with Crippen molar-refractivity contribution in [2.75, 3.05) is 0 Å². The van der Waals surface area contributed by atoms with E-state index >= 15 is 0 Å². The molecule has 4 nitrogen and oxygen atoms in total. The van der Waals surface area contributed by atoms with E-state index < -0.39 is 5.97 Å². The Morgan fingerprint density at radius 2 is 1.58 bits per heavy atom. The van der Waals surface area contributed by atoms with E-state index in [0.29, 0.717) is 22.4 Å². The zero-order chi connectivity index (χ0) is 17.9. The SMILES string of the molecule is O=C(O)c1ccc2nccc(Oc3ccc(-c4ccccc4)cc3)c2c1. The number of nitrogens with zero attached hydrogens (tertiary/aromatic N) is 1. The van der Waals surface area contributed by atoms with Gasteiger partial charge in [0.05, 0.1) is 11.1 Å². The summed E-state index contributed by atoms with van der Waals surface area (Å²) in [5, 5.41) is 9.87. The van der Waals surface area contributed by atoms with Gasteiger partial charge in [-0.1, -0.05) is 42.5 Å². The first-order chi connectivity index (χ1) is 12.7. The Hall–Kier alpha value is -3.66. The quantitative estimate of drug-likeness (QED) is 0.540. The molecule has 26 heavy (non-hydrogen) atoms. The number of aromatic nitrogens is 1. The predicted octanol–water partition coefficient (Wildman–Crippen LogP) is 5.39. The van der Waals surface area contributed by atoms with Gasteiger partial charge >= 0.3 is 5.97 Å². The number of aromatic carboxylic acids is 1. The first-order valence-electron chi connectivity index (χ1n) is 8.16. The van der Waals surface area contributed by atoms with Gasteiger partial charge in [0, 0.05) is 11.6 Å². The Balaban J connectivity index is 1.67. The summed E-state index contributed by atoms with van der Waals surface area (Å²) in [5.41, 5.74) is 3.13. The van der Waals surface area contributed by atoms with Crippen molar-refractivity contribution in [2.45, 2.75) is 0 Å². The van der Waals surface area contributed by atoms with Crippen molar-refractivity contribution in [3.05, 3.63) is 90.6 Å². The second-order valence-electron chi connectivity index (χ2n) is 5.84. The summed E-state index contributed by atoms with van der Waals surface area (Å²) >= 11 is 0. The van der Waals surface area contributed by atoms with Crippen LogP contribution in [0.1, 0.15) is 10.4 Å². The van der Waals surface area contributed by atoms with Crippen molar-refractivity contribution in [3.63, 3.8) is 0 Å². The fourth-order valence-corrected chi connectivity index (χ4v) is 2.82. The Bertz CT molecular complexity index is 1070. The molecule has 0 aliphatic rings. The molecule has 0 amide bonds. The van der Waals surface area contributed by atoms with E-state index in [0.717, 1.165) is 11.1 Å². The summed E-state index contributed by atoms with van der Waals surface area (Å²) in [5.74, 6) is 0.275. The highest BCUT2D eigenvalue weighted by Crippen LogP contribution is 2.30. The zero-order valence-electron chi connectivity index (χ0n) is 13.8. The number of carboxylic acids is 1. The van der Waals surface area contributed by atoms with Crippen LogP contribution in [0.3, 0.4) is 0 Å². The van der Waals surface area contributed by atoms with E-state index in [1.165, 1.54) is 6.07 Å². The van der Waals surface area contributed by atoms with E-state index in [-0.39, 0.29) is 5.56 Å². The van der Waals surface area contributed by atoms with Crippen LogP contribution in [0.4, 0.5) is 0 Å². The highest BCUT2D eigenvalue weighted by molar-refractivity contribution is 5.95. The molecular formula is C22H15NO3. The van der Waals surface area contributed by atoms with Gasteiger partial charge < -0.3 is 9.84 Å². The van der Waals surface area contributed by atoms with Gasteiger partial charge in [0.1, 0.15) is 11.5 Å². The maximum Gasteiger partial charge on any atom is 0.335 e. The Morgan fingerprint density at radius 3 is 2.31 bits per heavy atom. The minimum atomic E-state index is -0.978. The van der Waals surface area contributed by atoms with Crippen molar-refractivity contribution >= 4 is 16.9 Å². The van der Waals surface area contributed by atoms with E-state index in [1.807, 2.05) is 42.5 Å². The van der Waals surface area contributed by atoms with Gasteiger partial charge in [0.2, 0.25) is 0 Å². The average molecular weight is 341 g/mol. The topological polar surface area (TPSA) is 59.4 Å². The maximum atomic E-state index is 11.2. The minimum Gasteiger partial charge on any atom is -0.478 e. The molecule has 0 spiro atoms. The summed E-state index contributed by atoms with van der Waals surface area (Å²) in [6, 6.07) is 24.4. The summed E-state index contributed by atoms with van der Waals surface area (Å²) in [4.78, 5) is 15.5. The summed E-state index contributed by atoms with van der Waals surface area (Å²) < 4.78 is 5.98. The van der Waals surface area contributed by atoms with Crippen LogP contribution >= 0.6 is 0 Å². The van der Waals surface area contributed by atoms with Gasteiger partial charge in [0.15, 0.2) is 0 Å². The number of carbonyl (C=O) groups is 1. The van der Waals surface area contributed by atoms with E-state index in [2.05, 4.69) is 17.1 Å². The Kier molecular flexibility index (Phi) is 4.07. The monoisotopic (exact) mass is 341 g/mol. The highest BCUT2D eigenvalue weighted by Gasteiger charge is 2.09. The lowest BCUT2D eigenvalue weighted by Crippen LogP contribution is -1.96. The normalized spacial score (nSPS) is 10.6. The van der Waals surface area contributed by atoms with Crippen molar-refractivity contribution in [1.29, 1.82) is 0 Å². The van der Waals surface area contributed by atoms with Gasteiger partial charge in [-0.2, -0.15) is 0 Å². The molecular weight excluding hydrogens is 326 g/mol. The van der Waals surface area contributed by atoms with Crippen LogP contribution in [-0.4, -0.2) is 16.1 Å². The number of hydrogen-bond acceptors (Lipinski definition) is 3. The smallest absolute Gasteiger partial charge is 0.335 e. The van der Waals surface area contributed by atoms with Gasteiger partial charge in [-0.25, -0.2) is 4.79 Å². The molecule has 0 unspecified atom stereocenters. The predicted molar refractivity (Wildman–Crippen MR) is 101 cm³/mol. The molecule has 0 aliphatic carbocycles. The van der Waals surface area contributed by atoms with E-state index in [4.69, 9.17) is 4.74 Å². The van der Waals surface area contributed by atoms with Crippen molar-refractivity contribution in [1.82, 2.24) is 4.98 Å². The molecule has 0 aliphatic heterocycles.